The second kappa shape index (κ2) is 6.62. The number of ether oxygens (including phenoxy) is 2. The Kier molecular flexibility index (Phi) is 5.40. The van der Waals surface area contributed by atoms with Crippen LogP contribution >= 0.6 is 0 Å². The molecule has 1 saturated heterocycles. The smallest absolute Gasteiger partial charge is 0.333 e. The van der Waals surface area contributed by atoms with Crippen LogP contribution in [0.4, 0.5) is 0 Å². The van der Waals surface area contributed by atoms with E-state index in [1.807, 2.05) is 6.92 Å². The van der Waals surface area contributed by atoms with Crippen LogP contribution in [-0.4, -0.2) is 25.3 Å². The quantitative estimate of drug-likeness (QED) is 0.528. The number of carbonyl (C=O) groups excluding carboxylic acids is 1. The molecule has 0 aliphatic carbocycles. The predicted octanol–water partition coefficient (Wildman–Crippen LogP) is 2.27. The molecule has 1 fully saturated rings. The Labute approximate surface area is 91.4 Å². The second-order valence-corrected chi connectivity index (χ2v) is 3.72. The predicted molar refractivity (Wildman–Crippen MR) is 58.3 cm³/mol. The van der Waals surface area contributed by atoms with E-state index in [9.17, 15) is 4.79 Å². The van der Waals surface area contributed by atoms with Gasteiger partial charge in [-0.3, -0.25) is 0 Å². The third kappa shape index (κ3) is 4.47. The van der Waals surface area contributed by atoms with Crippen LogP contribution in [0, 0.1) is 6.92 Å². The lowest BCUT2D eigenvalue weighted by Crippen LogP contribution is -2.26. The van der Waals surface area contributed by atoms with E-state index in [1.165, 1.54) is 0 Å². The first-order valence-corrected chi connectivity index (χ1v) is 5.55. The summed E-state index contributed by atoms with van der Waals surface area (Å²) in [5.74, 6) is -0.328. The number of hydrogen-bond donors (Lipinski definition) is 0. The van der Waals surface area contributed by atoms with Gasteiger partial charge in [-0.2, -0.15) is 0 Å². The van der Waals surface area contributed by atoms with Gasteiger partial charge in [0.2, 0.25) is 0 Å². The molecular weight excluding hydrogens is 192 g/mol. The van der Waals surface area contributed by atoms with Crippen LogP contribution in [-0.2, 0) is 14.3 Å². The summed E-state index contributed by atoms with van der Waals surface area (Å²) in [6.07, 6.45) is 5.90. The van der Waals surface area contributed by atoms with E-state index in [4.69, 9.17) is 9.47 Å². The molecule has 1 heterocycles. The van der Waals surface area contributed by atoms with E-state index >= 15 is 0 Å². The zero-order valence-electron chi connectivity index (χ0n) is 9.33. The molecule has 0 unspecified atom stereocenters. The van der Waals surface area contributed by atoms with Gasteiger partial charge < -0.3 is 9.47 Å². The maximum atomic E-state index is 11.4. The van der Waals surface area contributed by atoms with Crippen molar-refractivity contribution in [1.29, 1.82) is 0 Å². The van der Waals surface area contributed by atoms with Crippen molar-refractivity contribution in [3.8, 4) is 0 Å². The van der Waals surface area contributed by atoms with E-state index in [0.717, 1.165) is 32.3 Å². The molecule has 0 N–H and O–H groups in total. The van der Waals surface area contributed by atoms with Crippen molar-refractivity contribution in [3.63, 3.8) is 0 Å². The van der Waals surface area contributed by atoms with Gasteiger partial charge in [-0.05, 0) is 32.6 Å². The number of rotatable bonds is 4. The topological polar surface area (TPSA) is 35.5 Å². The minimum absolute atomic E-state index is 0.0807. The molecule has 0 aromatic rings. The van der Waals surface area contributed by atoms with Gasteiger partial charge in [-0.25, -0.2) is 4.79 Å². The van der Waals surface area contributed by atoms with Crippen LogP contribution in [0.25, 0.3) is 0 Å². The van der Waals surface area contributed by atoms with Crippen LogP contribution in [0.2, 0.25) is 0 Å². The molecule has 1 aliphatic heterocycles. The van der Waals surface area contributed by atoms with Gasteiger partial charge >= 0.3 is 5.97 Å². The fourth-order valence-corrected chi connectivity index (χ4v) is 1.53. The highest BCUT2D eigenvalue weighted by Crippen LogP contribution is 2.13. The van der Waals surface area contributed by atoms with Crippen molar-refractivity contribution < 1.29 is 14.3 Å². The summed E-state index contributed by atoms with van der Waals surface area (Å²) >= 11 is 0. The zero-order chi connectivity index (χ0) is 11.1. The maximum absolute atomic E-state index is 11.4. The lowest BCUT2D eigenvalue weighted by molar-refractivity contribution is -0.144. The fraction of sp³-hybridized carbons (Fsp3) is 0.667. The van der Waals surface area contributed by atoms with Crippen molar-refractivity contribution in [1.82, 2.24) is 0 Å². The van der Waals surface area contributed by atoms with E-state index in [2.05, 4.69) is 6.92 Å². The third-order valence-corrected chi connectivity index (χ3v) is 2.39. The maximum Gasteiger partial charge on any atom is 0.333 e. The summed E-state index contributed by atoms with van der Waals surface area (Å²) in [6.45, 7) is 6.74. The standard InChI is InChI=1S/C12H19O3/c1-3-6-10(2)12(13)15-9-11-7-4-5-8-14-11/h6,11H,2-5,7-9H2,1H3/b10-6-/t11-/m0/s1. The van der Waals surface area contributed by atoms with Gasteiger partial charge in [0.1, 0.15) is 6.61 Å². The molecule has 1 rings (SSSR count). The van der Waals surface area contributed by atoms with Crippen LogP contribution in [0.3, 0.4) is 0 Å². The van der Waals surface area contributed by atoms with Crippen LogP contribution < -0.4 is 0 Å². The third-order valence-electron chi connectivity index (χ3n) is 2.39. The van der Waals surface area contributed by atoms with Gasteiger partial charge in [-0.1, -0.05) is 13.0 Å². The number of carbonyl (C=O) groups is 1. The summed E-state index contributed by atoms with van der Waals surface area (Å²) in [4.78, 5) is 11.4. The average molecular weight is 211 g/mol. The van der Waals surface area contributed by atoms with Gasteiger partial charge in [0, 0.05) is 12.2 Å². The molecule has 85 valence electrons. The Morgan fingerprint density at radius 3 is 3.00 bits per heavy atom. The first-order chi connectivity index (χ1) is 7.24. The Balaban J connectivity index is 2.23. The Morgan fingerprint density at radius 1 is 1.60 bits per heavy atom. The minimum Gasteiger partial charge on any atom is -0.460 e. The van der Waals surface area contributed by atoms with Crippen molar-refractivity contribution in [2.75, 3.05) is 13.2 Å². The van der Waals surface area contributed by atoms with E-state index in [0.29, 0.717) is 12.2 Å². The number of hydrogen-bond acceptors (Lipinski definition) is 3. The van der Waals surface area contributed by atoms with Gasteiger partial charge in [0.25, 0.3) is 0 Å². The lowest BCUT2D eigenvalue weighted by atomic mass is 10.1. The fourth-order valence-electron chi connectivity index (χ4n) is 1.53. The number of allylic oxidation sites excluding steroid dienone is 1. The van der Waals surface area contributed by atoms with Crippen LogP contribution in [0.5, 0.6) is 0 Å². The molecule has 1 radical (unpaired) electrons. The first kappa shape index (κ1) is 12.2. The Hall–Kier alpha value is -0.830. The molecule has 0 bridgehead atoms. The highest BCUT2D eigenvalue weighted by molar-refractivity contribution is 5.89. The first-order valence-electron chi connectivity index (χ1n) is 5.55. The lowest BCUT2D eigenvalue weighted by Gasteiger charge is -2.22. The molecule has 3 nitrogen and oxygen atoms in total. The highest BCUT2D eigenvalue weighted by atomic mass is 16.6. The highest BCUT2D eigenvalue weighted by Gasteiger charge is 2.16. The van der Waals surface area contributed by atoms with Crippen molar-refractivity contribution in [3.05, 3.63) is 18.6 Å². The normalized spacial score (nSPS) is 22.5. The second-order valence-electron chi connectivity index (χ2n) is 3.72. The molecule has 0 aromatic heterocycles. The average Bonchev–Trinajstić information content (AvgIpc) is 2.27. The van der Waals surface area contributed by atoms with Crippen LogP contribution in [0.1, 0.15) is 32.6 Å². The summed E-state index contributed by atoms with van der Waals surface area (Å²) in [6, 6.07) is 0. The molecule has 0 saturated carbocycles. The largest absolute Gasteiger partial charge is 0.460 e. The van der Waals surface area contributed by atoms with E-state index < -0.39 is 0 Å². The molecule has 0 aromatic carbocycles. The summed E-state index contributed by atoms with van der Waals surface area (Å²) in [5.41, 5.74) is 0.438. The molecule has 0 spiro atoms. The Bertz CT molecular complexity index is 227. The van der Waals surface area contributed by atoms with Gasteiger partial charge in [-0.15, -0.1) is 0 Å². The molecule has 3 heteroatoms. The Morgan fingerprint density at radius 2 is 2.40 bits per heavy atom. The number of esters is 1. The molecular formula is C12H19O3. The molecule has 1 atom stereocenters. The van der Waals surface area contributed by atoms with Crippen molar-refractivity contribution in [2.45, 2.75) is 38.7 Å². The minimum atomic E-state index is -0.328. The van der Waals surface area contributed by atoms with E-state index in [1.54, 1.807) is 6.08 Å². The van der Waals surface area contributed by atoms with Gasteiger partial charge in [0.05, 0.1) is 6.10 Å². The SMILES string of the molecule is [CH2]/C(=C/CC)C(=O)OC[C@@H]1CCCCO1. The van der Waals surface area contributed by atoms with Gasteiger partial charge in [0.15, 0.2) is 0 Å². The van der Waals surface area contributed by atoms with Crippen LogP contribution in [0.15, 0.2) is 11.6 Å². The molecule has 1 aliphatic rings. The van der Waals surface area contributed by atoms with E-state index in [-0.39, 0.29) is 12.1 Å². The zero-order valence-corrected chi connectivity index (χ0v) is 9.33. The summed E-state index contributed by atoms with van der Waals surface area (Å²) in [5, 5.41) is 0. The van der Waals surface area contributed by atoms with Crippen molar-refractivity contribution >= 4 is 5.97 Å². The van der Waals surface area contributed by atoms with Crippen molar-refractivity contribution in [2.24, 2.45) is 0 Å². The summed E-state index contributed by atoms with van der Waals surface area (Å²) in [7, 11) is 0. The monoisotopic (exact) mass is 211 g/mol. The molecule has 0 amide bonds. The summed E-state index contributed by atoms with van der Waals surface area (Å²) < 4.78 is 10.6. The molecule has 15 heavy (non-hydrogen) atoms.